The third-order valence-corrected chi connectivity index (χ3v) is 8.67. The molecule has 2 saturated heterocycles. The van der Waals surface area contributed by atoms with E-state index in [1.165, 1.54) is 29.1 Å². The highest BCUT2D eigenvalue weighted by Crippen LogP contribution is 2.35. The molecule has 3 aromatic rings. The fourth-order valence-corrected chi connectivity index (χ4v) is 6.34. The number of halogens is 4. The predicted molar refractivity (Wildman–Crippen MR) is 137 cm³/mol. The van der Waals surface area contributed by atoms with E-state index in [0.29, 0.717) is 37.4 Å². The second-order valence-electron chi connectivity index (χ2n) is 8.55. The van der Waals surface area contributed by atoms with Crippen LogP contribution in [0.1, 0.15) is 16.7 Å². The van der Waals surface area contributed by atoms with Crippen molar-refractivity contribution in [3.63, 3.8) is 0 Å². The first kappa shape index (κ1) is 27.2. The Labute approximate surface area is 228 Å². The largest absolute Gasteiger partial charge is 0.416 e. The maximum Gasteiger partial charge on any atom is 0.416 e. The van der Waals surface area contributed by atoms with Crippen molar-refractivity contribution in [2.45, 2.75) is 12.7 Å². The molecule has 0 saturated carbocycles. The normalized spacial score (nSPS) is 18.6. The summed E-state index contributed by atoms with van der Waals surface area (Å²) < 4.78 is 68.3. The molecule has 3 heterocycles. The van der Waals surface area contributed by atoms with Gasteiger partial charge in [-0.3, -0.25) is 24.0 Å². The SMILES string of the molecule is O=C1S/C(=C\c2ccc3c(cnn3Cc3ccc(Cl)cc3C(F)(F)F)c2)C(=O)N1CC(=O)N1CCNS1(=O)=O. The number of hydrogen-bond donors (Lipinski definition) is 1. The number of imide groups is 1. The first-order valence-electron chi connectivity index (χ1n) is 11.2. The Morgan fingerprint density at radius 3 is 2.64 bits per heavy atom. The van der Waals surface area contributed by atoms with Crippen molar-refractivity contribution in [1.82, 2.24) is 23.7 Å². The van der Waals surface area contributed by atoms with Crippen LogP contribution in [0.3, 0.4) is 0 Å². The van der Waals surface area contributed by atoms with Crippen LogP contribution in [0, 0.1) is 0 Å². The maximum atomic E-state index is 13.5. The summed E-state index contributed by atoms with van der Waals surface area (Å²) in [7, 11) is -3.98. The number of nitrogens with zero attached hydrogens (tertiary/aromatic N) is 4. The van der Waals surface area contributed by atoms with Crippen LogP contribution in [0.5, 0.6) is 0 Å². The summed E-state index contributed by atoms with van der Waals surface area (Å²) in [5.41, 5.74) is 0.173. The highest BCUT2D eigenvalue weighted by molar-refractivity contribution is 8.18. The first-order valence-corrected chi connectivity index (χ1v) is 13.8. The molecule has 0 radical (unpaired) electrons. The molecule has 2 aliphatic rings. The van der Waals surface area contributed by atoms with Gasteiger partial charge in [-0.05, 0) is 53.2 Å². The van der Waals surface area contributed by atoms with Crippen LogP contribution < -0.4 is 4.72 Å². The molecular formula is C23H17ClF3N5O5S2. The minimum Gasteiger partial charge on any atom is -0.272 e. The smallest absolute Gasteiger partial charge is 0.272 e. The molecule has 5 rings (SSSR count). The third kappa shape index (κ3) is 5.39. The van der Waals surface area contributed by atoms with E-state index in [1.807, 2.05) is 0 Å². The van der Waals surface area contributed by atoms with Crippen molar-refractivity contribution in [2.24, 2.45) is 0 Å². The van der Waals surface area contributed by atoms with E-state index in [1.54, 1.807) is 18.2 Å². The zero-order chi connectivity index (χ0) is 28.1. The van der Waals surface area contributed by atoms with Crippen molar-refractivity contribution in [1.29, 1.82) is 0 Å². The number of benzene rings is 2. The van der Waals surface area contributed by atoms with Gasteiger partial charge in [-0.2, -0.15) is 31.4 Å². The van der Waals surface area contributed by atoms with Crippen LogP contribution in [0.25, 0.3) is 17.0 Å². The van der Waals surface area contributed by atoms with Gasteiger partial charge in [-0.15, -0.1) is 0 Å². The average Bonchev–Trinajstić information content (AvgIpc) is 3.50. The maximum absolute atomic E-state index is 13.5. The van der Waals surface area contributed by atoms with Crippen molar-refractivity contribution in [2.75, 3.05) is 19.6 Å². The van der Waals surface area contributed by atoms with E-state index < -0.39 is 45.5 Å². The summed E-state index contributed by atoms with van der Waals surface area (Å²) in [5.74, 6) is -1.66. The second kappa shape index (κ2) is 9.97. The second-order valence-corrected chi connectivity index (χ2v) is 11.7. The van der Waals surface area contributed by atoms with Gasteiger partial charge in [0.1, 0.15) is 6.54 Å². The molecule has 0 bridgehead atoms. The number of alkyl halides is 3. The molecule has 0 atom stereocenters. The summed E-state index contributed by atoms with van der Waals surface area (Å²) in [6.45, 7) is -0.946. The lowest BCUT2D eigenvalue weighted by Gasteiger charge is -2.17. The molecule has 1 N–H and O–H groups in total. The van der Waals surface area contributed by atoms with Gasteiger partial charge in [-0.25, -0.2) is 4.31 Å². The number of fused-ring (bicyclic) bond motifs is 1. The van der Waals surface area contributed by atoms with Gasteiger partial charge in [0.05, 0.1) is 35.3 Å². The molecule has 2 fully saturated rings. The van der Waals surface area contributed by atoms with Gasteiger partial charge in [-0.1, -0.05) is 23.7 Å². The third-order valence-electron chi connectivity index (χ3n) is 6.00. The Hall–Kier alpha value is -3.40. The first-order chi connectivity index (χ1) is 18.3. The topological polar surface area (TPSA) is 122 Å². The molecule has 0 unspecified atom stereocenters. The van der Waals surface area contributed by atoms with Gasteiger partial charge in [0.2, 0.25) is 0 Å². The van der Waals surface area contributed by atoms with E-state index in [2.05, 4.69) is 9.82 Å². The van der Waals surface area contributed by atoms with Gasteiger partial charge in [0.25, 0.3) is 17.1 Å². The monoisotopic (exact) mass is 599 g/mol. The fraction of sp³-hybridized carbons (Fsp3) is 0.217. The predicted octanol–water partition coefficient (Wildman–Crippen LogP) is 3.47. The Bertz CT molecular complexity index is 1670. The molecule has 1 aromatic heterocycles. The molecule has 0 aliphatic carbocycles. The Balaban J connectivity index is 1.35. The molecule has 204 valence electrons. The number of aromatic nitrogens is 2. The lowest BCUT2D eigenvalue weighted by Crippen LogP contribution is -2.43. The summed E-state index contributed by atoms with van der Waals surface area (Å²) >= 11 is 6.36. The van der Waals surface area contributed by atoms with E-state index >= 15 is 0 Å². The van der Waals surface area contributed by atoms with E-state index in [0.717, 1.165) is 6.07 Å². The molecule has 3 amide bonds. The van der Waals surface area contributed by atoms with Gasteiger partial charge < -0.3 is 0 Å². The summed E-state index contributed by atoms with van der Waals surface area (Å²) in [6, 6.07) is 8.40. The number of amides is 3. The summed E-state index contributed by atoms with van der Waals surface area (Å²) in [6.07, 6.45) is -1.70. The Morgan fingerprint density at radius 2 is 1.95 bits per heavy atom. The van der Waals surface area contributed by atoms with E-state index in [-0.39, 0.29) is 35.1 Å². The molecule has 2 aromatic carbocycles. The van der Waals surface area contributed by atoms with E-state index in [4.69, 9.17) is 11.6 Å². The minimum atomic E-state index is -4.59. The van der Waals surface area contributed by atoms with Crippen LogP contribution in [-0.2, 0) is 32.5 Å². The lowest BCUT2D eigenvalue weighted by atomic mass is 10.1. The van der Waals surface area contributed by atoms with Crippen LogP contribution in [0.4, 0.5) is 18.0 Å². The molecule has 2 aliphatic heterocycles. The van der Waals surface area contributed by atoms with Gasteiger partial charge in [0.15, 0.2) is 0 Å². The average molecular weight is 600 g/mol. The number of nitrogens with one attached hydrogen (secondary N) is 1. The molecule has 39 heavy (non-hydrogen) atoms. The molecule has 10 nitrogen and oxygen atoms in total. The zero-order valence-corrected chi connectivity index (χ0v) is 22.0. The number of carbonyl (C=O) groups is 3. The zero-order valence-electron chi connectivity index (χ0n) is 19.6. The quantitative estimate of drug-likeness (QED) is 0.446. The fourth-order valence-electron chi connectivity index (χ4n) is 4.17. The van der Waals surface area contributed by atoms with Gasteiger partial charge in [0, 0.05) is 17.0 Å². The number of hydrogen-bond acceptors (Lipinski definition) is 7. The van der Waals surface area contributed by atoms with Crippen molar-refractivity contribution < 1.29 is 36.0 Å². The highest BCUT2D eigenvalue weighted by Gasteiger charge is 2.40. The molecular weight excluding hydrogens is 583 g/mol. The van der Waals surface area contributed by atoms with Crippen molar-refractivity contribution in [3.8, 4) is 0 Å². The van der Waals surface area contributed by atoms with Crippen LogP contribution in [0.2, 0.25) is 5.02 Å². The van der Waals surface area contributed by atoms with Crippen LogP contribution in [0.15, 0.2) is 47.5 Å². The lowest BCUT2D eigenvalue weighted by molar-refractivity contribution is -0.138. The Morgan fingerprint density at radius 1 is 1.18 bits per heavy atom. The standard InChI is InChI=1S/C23H17ClF3N5O5S2/c24-16-3-2-14(17(9-16)23(25,26)27)11-31-18-4-1-13(7-15(18)10-28-31)8-19-21(34)30(22(35)38-19)12-20(33)32-6-5-29-39(32,36)37/h1-4,7-10,29H,5-6,11-12H2/b19-8-. The van der Waals surface area contributed by atoms with Crippen molar-refractivity contribution in [3.05, 3.63) is 69.2 Å². The summed E-state index contributed by atoms with van der Waals surface area (Å²) in [4.78, 5) is 38.3. The van der Waals surface area contributed by atoms with Crippen LogP contribution in [-0.4, -0.2) is 64.1 Å². The van der Waals surface area contributed by atoms with Crippen LogP contribution >= 0.6 is 23.4 Å². The number of thioether (sulfide) groups is 1. The summed E-state index contributed by atoms with van der Waals surface area (Å²) in [5, 5.41) is 4.02. The minimum absolute atomic E-state index is 0.0123. The van der Waals surface area contributed by atoms with E-state index in [9.17, 15) is 36.0 Å². The highest BCUT2D eigenvalue weighted by atomic mass is 35.5. The number of rotatable bonds is 5. The molecule has 16 heteroatoms. The Kier molecular flexibility index (Phi) is 6.95. The van der Waals surface area contributed by atoms with Crippen molar-refractivity contribution >= 4 is 67.6 Å². The van der Waals surface area contributed by atoms with Gasteiger partial charge >= 0.3 is 16.4 Å². The molecule has 0 spiro atoms. The number of carbonyl (C=O) groups excluding carboxylic acids is 3.